The molecule has 2 N–H and O–H groups in total. The lowest BCUT2D eigenvalue weighted by Gasteiger charge is -2.36. The number of carbonyl (C=O) groups is 2. The molecule has 2 heterocycles. The van der Waals surface area contributed by atoms with E-state index in [0.717, 1.165) is 57.3 Å². The van der Waals surface area contributed by atoms with Crippen molar-refractivity contribution >= 4 is 11.8 Å². The molecule has 1 aromatic rings. The van der Waals surface area contributed by atoms with Crippen LogP contribution in [0.2, 0.25) is 0 Å². The van der Waals surface area contributed by atoms with Crippen molar-refractivity contribution in [2.45, 2.75) is 57.0 Å². The Morgan fingerprint density at radius 1 is 1.15 bits per heavy atom. The van der Waals surface area contributed by atoms with E-state index in [2.05, 4.69) is 15.5 Å². The summed E-state index contributed by atoms with van der Waals surface area (Å²) in [6.07, 6.45) is 7.39. The topological polar surface area (TPSA) is 61.4 Å². The standard InChI is InChI=1S/C22H31N3O2/c26-21-7-4-12-25(21)15-16-10-11-23-20(13-16)18-8-9-19(14-18)24-22(27)17-5-2-1-3-6-17/h1-3,5-6,16,18-20,23H,4,7-15H2,(H,24,27). The van der Waals surface area contributed by atoms with Gasteiger partial charge in [-0.15, -0.1) is 0 Å². The summed E-state index contributed by atoms with van der Waals surface area (Å²) in [5, 5.41) is 6.94. The molecule has 146 valence electrons. The molecule has 0 bridgehead atoms. The Morgan fingerprint density at radius 3 is 2.78 bits per heavy atom. The third-order valence-electron chi connectivity index (χ3n) is 6.61. The summed E-state index contributed by atoms with van der Waals surface area (Å²) >= 11 is 0. The smallest absolute Gasteiger partial charge is 0.251 e. The molecule has 2 saturated heterocycles. The Morgan fingerprint density at radius 2 is 2.00 bits per heavy atom. The van der Waals surface area contributed by atoms with Gasteiger partial charge in [0, 0.05) is 37.2 Å². The van der Waals surface area contributed by atoms with E-state index in [4.69, 9.17) is 0 Å². The molecule has 5 heteroatoms. The molecule has 1 saturated carbocycles. The van der Waals surface area contributed by atoms with Crippen LogP contribution >= 0.6 is 0 Å². The third-order valence-corrected chi connectivity index (χ3v) is 6.61. The zero-order chi connectivity index (χ0) is 18.6. The number of hydrogen-bond acceptors (Lipinski definition) is 3. The maximum atomic E-state index is 12.4. The van der Waals surface area contributed by atoms with Crippen LogP contribution < -0.4 is 10.6 Å². The summed E-state index contributed by atoms with van der Waals surface area (Å²) in [5.41, 5.74) is 0.743. The van der Waals surface area contributed by atoms with Gasteiger partial charge in [0.05, 0.1) is 0 Å². The summed E-state index contributed by atoms with van der Waals surface area (Å²) < 4.78 is 0. The lowest BCUT2D eigenvalue weighted by molar-refractivity contribution is -0.128. The number of benzene rings is 1. The van der Waals surface area contributed by atoms with Gasteiger partial charge in [0.1, 0.15) is 0 Å². The molecular weight excluding hydrogens is 338 g/mol. The van der Waals surface area contributed by atoms with Gasteiger partial charge in [0.2, 0.25) is 5.91 Å². The van der Waals surface area contributed by atoms with E-state index >= 15 is 0 Å². The summed E-state index contributed by atoms with van der Waals surface area (Å²) in [6, 6.07) is 10.3. The molecule has 3 fully saturated rings. The van der Waals surface area contributed by atoms with Crippen LogP contribution in [0, 0.1) is 11.8 Å². The van der Waals surface area contributed by atoms with Gasteiger partial charge in [0.15, 0.2) is 0 Å². The van der Waals surface area contributed by atoms with Crippen molar-refractivity contribution < 1.29 is 9.59 Å². The van der Waals surface area contributed by atoms with E-state index in [-0.39, 0.29) is 11.9 Å². The Bertz CT molecular complexity index is 663. The van der Waals surface area contributed by atoms with Gasteiger partial charge < -0.3 is 15.5 Å². The summed E-state index contributed by atoms with van der Waals surface area (Å²) in [6.45, 7) is 2.94. The number of likely N-dealkylation sites (tertiary alicyclic amines) is 1. The van der Waals surface area contributed by atoms with Crippen molar-refractivity contribution in [1.29, 1.82) is 0 Å². The van der Waals surface area contributed by atoms with Crippen LogP contribution in [0.5, 0.6) is 0 Å². The number of nitrogens with one attached hydrogen (secondary N) is 2. The zero-order valence-corrected chi connectivity index (χ0v) is 16.0. The summed E-state index contributed by atoms with van der Waals surface area (Å²) in [7, 11) is 0. The first-order valence-corrected chi connectivity index (χ1v) is 10.6. The van der Waals surface area contributed by atoms with Gasteiger partial charge >= 0.3 is 0 Å². The number of amides is 2. The van der Waals surface area contributed by atoms with Gasteiger partial charge in [-0.3, -0.25) is 9.59 Å². The molecule has 1 aromatic carbocycles. The maximum Gasteiger partial charge on any atom is 0.251 e. The van der Waals surface area contributed by atoms with Gasteiger partial charge in [-0.05, 0) is 69.0 Å². The minimum atomic E-state index is 0.0447. The molecule has 0 aromatic heterocycles. The van der Waals surface area contributed by atoms with Crippen LogP contribution in [0.25, 0.3) is 0 Å². The minimum Gasteiger partial charge on any atom is -0.349 e. The fraction of sp³-hybridized carbons (Fsp3) is 0.636. The zero-order valence-electron chi connectivity index (χ0n) is 16.0. The van der Waals surface area contributed by atoms with Crippen molar-refractivity contribution in [2.24, 2.45) is 11.8 Å². The number of rotatable bonds is 5. The van der Waals surface area contributed by atoms with Crippen LogP contribution in [0.4, 0.5) is 0 Å². The van der Waals surface area contributed by atoms with Crippen molar-refractivity contribution in [1.82, 2.24) is 15.5 Å². The first-order valence-electron chi connectivity index (χ1n) is 10.6. The molecule has 0 spiro atoms. The van der Waals surface area contributed by atoms with Gasteiger partial charge in [-0.2, -0.15) is 0 Å². The van der Waals surface area contributed by atoms with E-state index in [1.54, 1.807) is 0 Å². The molecule has 2 amide bonds. The fourth-order valence-electron chi connectivity index (χ4n) is 5.14. The van der Waals surface area contributed by atoms with Crippen molar-refractivity contribution in [3.05, 3.63) is 35.9 Å². The average molecular weight is 370 g/mol. The van der Waals surface area contributed by atoms with Crippen LogP contribution in [-0.4, -0.2) is 48.4 Å². The molecule has 27 heavy (non-hydrogen) atoms. The Balaban J connectivity index is 1.27. The third kappa shape index (κ3) is 4.52. The predicted octanol–water partition coefficient (Wildman–Crippen LogP) is 2.58. The molecule has 0 radical (unpaired) electrons. The summed E-state index contributed by atoms with van der Waals surface area (Å²) in [4.78, 5) is 26.4. The Labute approximate surface area is 161 Å². The molecule has 4 atom stereocenters. The van der Waals surface area contributed by atoms with Crippen LogP contribution in [0.3, 0.4) is 0 Å². The van der Waals surface area contributed by atoms with Crippen molar-refractivity contribution in [3.63, 3.8) is 0 Å². The molecule has 4 unspecified atom stereocenters. The van der Waals surface area contributed by atoms with E-state index < -0.39 is 0 Å². The molecule has 3 aliphatic rings. The van der Waals surface area contributed by atoms with E-state index in [1.807, 2.05) is 30.3 Å². The number of piperidine rings is 1. The number of carbonyl (C=O) groups excluding carboxylic acids is 2. The van der Waals surface area contributed by atoms with Gasteiger partial charge in [-0.25, -0.2) is 0 Å². The van der Waals surface area contributed by atoms with E-state index in [9.17, 15) is 9.59 Å². The van der Waals surface area contributed by atoms with Gasteiger partial charge in [-0.1, -0.05) is 18.2 Å². The lowest BCUT2D eigenvalue weighted by Crippen LogP contribution is -2.45. The SMILES string of the molecule is O=C(NC1CCC(C2CC(CN3CCCC3=O)CCN2)C1)c1ccccc1. The molecular formula is C22H31N3O2. The largest absolute Gasteiger partial charge is 0.349 e. The van der Waals surface area contributed by atoms with E-state index in [0.29, 0.717) is 23.8 Å². The highest BCUT2D eigenvalue weighted by Gasteiger charge is 2.35. The highest BCUT2D eigenvalue weighted by atomic mass is 16.2. The highest BCUT2D eigenvalue weighted by molar-refractivity contribution is 5.94. The first kappa shape index (κ1) is 18.5. The van der Waals surface area contributed by atoms with E-state index in [1.165, 1.54) is 12.8 Å². The molecule has 4 rings (SSSR count). The Hall–Kier alpha value is -1.88. The summed E-state index contributed by atoms with van der Waals surface area (Å²) in [5.74, 6) is 1.64. The number of nitrogens with zero attached hydrogens (tertiary/aromatic N) is 1. The second-order valence-corrected chi connectivity index (χ2v) is 8.50. The van der Waals surface area contributed by atoms with Crippen molar-refractivity contribution in [2.75, 3.05) is 19.6 Å². The highest BCUT2D eigenvalue weighted by Crippen LogP contribution is 2.33. The Kier molecular flexibility index (Phi) is 5.77. The maximum absolute atomic E-state index is 12.4. The average Bonchev–Trinajstić information content (AvgIpc) is 3.32. The second-order valence-electron chi connectivity index (χ2n) is 8.50. The van der Waals surface area contributed by atoms with Gasteiger partial charge in [0.25, 0.3) is 5.91 Å². The fourth-order valence-corrected chi connectivity index (χ4v) is 5.14. The quantitative estimate of drug-likeness (QED) is 0.839. The number of hydrogen-bond donors (Lipinski definition) is 2. The normalized spacial score (nSPS) is 31.3. The molecule has 5 nitrogen and oxygen atoms in total. The predicted molar refractivity (Wildman–Crippen MR) is 105 cm³/mol. The molecule has 2 aliphatic heterocycles. The van der Waals surface area contributed by atoms with Crippen LogP contribution in [0.15, 0.2) is 30.3 Å². The lowest BCUT2D eigenvalue weighted by atomic mass is 9.84. The molecule has 1 aliphatic carbocycles. The first-order chi connectivity index (χ1) is 13.2. The second kappa shape index (κ2) is 8.42. The van der Waals surface area contributed by atoms with Crippen LogP contribution in [-0.2, 0) is 4.79 Å². The van der Waals surface area contributed by atoms with Crippen molar-refractivity contribution in [3.8, 4) is 0 Å². The minimum absolute atomic E-state index is 0.0447. The monoisotopic (exact) mass is 369 g/mol. The van der Waals surface area contributed by atoms with Crippen LogP contribution in [0.1, 0.15) is 55.3 Å².